The zero-order valence-corrected chi connectivity index (χ0v) is 79.5. The standard InChI is InChI=1S/C33H21BrN2.C32H20BrN3.C30H20BrN.C28H18BrN3/c34-29-20-23(15-18-28(29)31-19-16-22-8-4-6-12-30(22)35-31)24-14-17-27-26-11-5-7-13-32(26)36(33(27)21-24)25-9-2-1-3-10-25;33-25-17-23(16-24(18-25)32-34-20-22-8-4-6-12-29(22)35-32)21-14-15-28-27-11-5-7-13-30(27)36(31(28)19-21)26-9-2-1-3-10-26;31-30-24(21-10-3-1-4-11-21)15-9-16-25(30)22-18-19-27-26-14-7-8-17-28(26)32(29(27)20-22)23-12-5-2-6-13-23;29-22-16-20(15-21(17-22)28-30-13-6-14-31-28)19-11-12-25-24-9-4-5-10-26(24)32(27(25)18-19)23-7-2-1-3-8-23/h1-21H;1-20H;1-20H;1-18H. The van der Waals surface area contributed by atoms with E-state index in [1.165, 1.54) is 126 Å². The Hall–Kier alpha value is -15.9. The summed E-state index contributed by atoms with van der Waals surface area (Å²) in [5, 5.41) is 12.2. The quantitative estimate of drug-likeness (QED) is 0.122. The van der Waals surface area contributed by atoms with E-state index in [0.29, 0.717) is 0 Å². The van der Waals surface area contributed by atoms with Crippen LogP contribution in [0.1, 0.15) is 0 Å². The number of hydrogen-bond acceptors (Lipinski definition) is 5. The van der Waals surface area contributed by atoms with E-state index in [2.05, 4.69) is 516 Å². The maximum absolute atomic E-state index is 4.89. The molecule has 26 aromatic rings. The Labute approximate surface area is 818 Å². The molecule has 0 bridgehead atoms. The zero-order chi connectivity index (χ0) is 91.1. The van der Waals surface area contributed by atoms with E-state index in [4.69, 9.17) is 9.97 Å². The minimum Gasteiger partial charge on any atom is -0.309 e. The van der Waals surface area contributed by atoms with Crippen molar-refractivity contribution in [2.45, 2.75) is 0 Å². The molecule has 0 fully saturated rings. The van der Waals surface area contributed by atoms with E-state index >= 15 is 0 Å². The van der Waals surface area contributed by atoms with Gasteiger partial charge in [0, 0.05) is 130 Å². The number of rotatable bonds is 12. The highest BCUT2D eigenvalue weighted by atomic mass is 79.9. The Morgan fingerprint density at radius 3 is 0.993 bits per heavy atom. The van der Waals surface area contributed by atoms with Gasteiger partial charge in [0.05, 0.1) is 60.9 Å². The lowest BCUT2D eigenvalue weighted by Gasteiger charge is -2.12. The van der Waals surface area contributed by atoms with E-state index in [-0.39, 0.29) is 0 Å². The summed E-state index contributed by atoms with van der Waals surface area (Å²) in [6.45, 7) is 0. The number of fused-ring (bicyclic) bond motifs is 14. The third kappa shape index (κ3) is 16.3. The van der Waals surface area contributed by atoms with Gasteiger partial charge in [0.2, 0.25) is 0 Å². The zero-order valence-electron chi connectivity index (χ0n) is 73.1. The van der Waals surface area contributed by atoms with Crippen LogP contribution in [0.5, 0.6) is 0 Å². The minimum absolute atomic E-state index is 0.717. The lowest BCUT2D eigenvalue weighted by atomic mass is 9.98. The fraction of sp³-hybridized carbons (Fsp3) is 0. The van der Waals surface area contributed by atoms with Gasteiger partial charge in [-0.25, -0.2) is 24.9 Å². The molecule has 644 valence electrons. The predicted octanol–water partition coefficient (Wildman–Crippen LogP) is 34.8. The van der Waals surface area contributed by atoms with Gasteiger partial charge in [0.25, 0.3) is 0 Å². The van der Waals surface area contributed by atoms with Crippen LogP contribution in [0, 0.1) is 0 Å². The van der Waals surface area contributed by atoms with Gasteiger partial charge in [0.15, 0.2) is 11.6 Å². The number of hydrogen-bond donors (Lipinski definition) is 0. The van der Waals surface area contributed by atoms with E-state index in [1.54, 1.807) is 12.4 Å². The fourth-order valence-corrected chi connectivity index (χ4v) is 21.3. The van der Waals surface area contributed by atoms with Crippen molar-refractivity contribution in [2.75, 3.05) is 0 Å². The minimum atomic E-state index is 0.717. The Kier molecular flexibility index (Phi) is 22.9. The molecule has 13 heteroatoms. The van der Waals surface area contributed by atoms with Crippen molar-refractivity contribution in [3.63, 3.8) is 0 Å². The summed E-state index contributed by atoms with van der Waals surface area (Å²) in [5.41, 5.74) is 31.9. The van der Waals surface area contributed by atoms with E-state index in [0.717, 1.165) is 113 Å². The van der Waals surface area contributed by atoms with Crippen LogP contribution in [0.15, 0.2) is 498 Å². The predicted molar refractivity (Wildman–Crippen MR) is 581 cm³/mol. The molecule has 0 unspecified atom stereocenters. The van der Waals surface area contributed by atoms with Gasteiger partial charge < -0.3 is 18.3 Å². The molecule has 0 spiro atoms. The molecule has 0 N–H and O–H groups in total. The van der Waals surface area contributed by atoms with Crippen molar-refractivity contribution in [3.8, 4) is 112 Å². The third-order valence-corrected chi connectivity index (χ3v) is 27.8. The lowest BCUT2D eigenvalue weighted by Crippen LogP contribution is -1.93. The van der Waals surface area contributed by atoms with Gasteiger partial charge in [-0.3, -0.25) is 0 Å². The average Bonchev–Trinajstić information content (AvgIpc) is 1.60. The molecule has 136 heavy (non-hydrogen) atoms. The largest absolute Gasteiger partial charge is 0.309 e. The number of benzene rings is 19. The van der Waals surface area contributed by atoms with Crippen LogP contribution < -0.4 is 0 Å². The van der Waals surface area contributed by atoms with E-state index in [1.807, 2.05) is 48.7 Å². The number of halogens is 4. The van der Waals surface area contributed by atoms with Gasteiger partial charge in [-0.2, -0.15) is 0 Å². The molecule has 0 aliphatic heterocycles. The Morgan fingerprint density at radius 2 is 0.537 bits per heavy atom. The topological polar surface area (TPSA) is 84.2 Å². The molecule has 0 aliphatic carbocycles. The molecule has 7 heterocycles. The number of para-hydroxylation sites is 10. The van der Waals surface area contributed by atoms with Gasteiger partial charge in [-0.1, -0.05) is 345 Å². The lowest BCUT2D eigenvalue weighted by molar-refractivity contribution is 1.17. The van der Waals surface area contributed by atoms with Crippen LogP contribution >= 0.6 is 63.7 Å². The first-order valence-electron chi connectivity index (χ1n) is 45.1. The van der Waals surface area contributed by atoms with Crippen LogP contribution in [0.25, 0.3) is 221 Å². The summed E-state index contributed by atoms with van der Waals surface area (Å²) in [6, 6.07) is 162. The Bertz CT molecular complexity index is 9030. The average molecular weight is 2000 g/mol. The molecule has 0 radical (unpaired) electrons. The monoisotopic (exact) mass is 2000 g/mol. The highest BCUT2D eigenvalue weighted by molar-refractivity contribution is 9.11. The SMILES string of the molecule is Brc1c(-c2ccccc2)cccc1-c1ccc2c3ccccc3n(-c3ccccc3)c2c1.Brc1cc(-c2ccc3c4ccccc4n(-c4ccccc4)c3c2)cc(-c2ncc3ccccc3n2)c1.Brc1cc(-c2ccc3c4ccccc4n(-c4ccccc4)c3c2)cc(-c2ncccn2)c1.Brc1cc(-c2ccc3c4ccccc4n(-c4ccccc4)c3c2)ccc1-c1ccc2ccccc2n1. The highest BCUT2D eigenvalue weighted by Crippen LogP contribution is 2.45. The summed E-state index contributed by atoms with van der Waals surface area (Å²) < 4.78 is 13.6. The Balaban J connectivity index is 0.000000102. The summed E-state index contributed by atoms with van der Waals surface area (Å²) in [5.74, 6) is 1.44. The molecule has 0 atom stereocenters. The van der Waals surface area contributed by atoms with Crippen molar-refractivity contribution in [2.24, 2.45) is 0 Å². The smallest absolute Gasteiger partial charge is 0.159 e. The molecular weight excluding hydrogens is 1920 g/mol. The van der Waals surface area contributed by atoms with Gasteiger partial charge in [-0.05, 0) is 235 Å². The number of pyridine rings is 1. The van der Waals surface area contributed by atoms with Crippen LogP contribution in [0.4, 0.5) is 0 Å². The molecule has 0 amide bonds. The first kappa shape index (κ1) is 84.4. The first-order valence-corrected chi connectivity index (χ1v) is 48.2. The second-order valence-corrected chi connectivity index (χ2v) is 37.1. The van der Waals surface area contributed by atoms with E-state index in [9.17, 15) is 0 Å². The third-order valence-electron chi connectivity index (χ3n) is 25.4. The summed E-state index contributed by atoms with van der Waals surface area (Å²) in [4.78, 5) is 23.2. The summed E-state index contributed by atoms with van der Waals surface area (Å²) in [6.07, 6.45) is 5.43. The maximum atomic E-state index is 4.89. The summed E-state index contributed by atoms with van der Waals surface area (Å²) >= 11 is 15.1. The summed E-state index contributed by atoms with van der Waals surface area (Å²) in [7, 11) is 0. The molecule has 0 saturated carbocycles. The molecule has 9 nitrogen and oxygen atoms in total. The second kappa shape index (κ2) is 36.9. The van der Waals surface area contributed by atoms with Gasteiger partial charge in [0.1, 0.15) is 0 Å². The highest BCUT2D eigenvalue weighted by Gasteiger charge is 2.22. The normalized spacial score (nSPS) is 11.4. The van der Waals surface area contributed by atoms with Crippen molar-refractivity contribution < 1.29 is 0 Å². The van der Waals surface area contributed by atoms with Crippen molar-refractivity contribution >= 4 is 173 Å². The van der Waals surface area contributed by atoms with Crippen LogP contribution in [0.2, 0.25) is 0 Å². The van der Waals surface area contributed by atoms with Crippen LogP contribution in [-0.4, -0.2) is 43.2 Å². The van der Waals surface area contributed by atoms with Crippen molar-refractivity contribution in [1.82, 2.24) is 43.2 Å². The molecule has 19 aromatic carbocycles. The van der Waals surface area contributed by atoms with Gasteiger partial charge in [-0.15, -0.1) is 0 Å². The molecule has 26 rings (SSSR count). The van der Waals surface area contributed by atoms with Crippen molar-refractivity contribution in [1.29, 1.82) is 0 Å². The first-order chi connectivity index (χ1) is 67.1. The maximum Gasteiger partial charge on any atom is 0.159 e. The fourth-order valence-electron chi connectivity index (χ4n) is 19.1. The Morgan fingerprint density at radius 1 is 0.191 bits per heavy atom. The van der Waals surface area contributed by atoms with Crippen LogP contribution in [0.3, 0.4) is 0 Å². The molecule has 0 saturated heterocycles. The molecule has 0 aliphatic rings. The van der Waals surface area contributed by atoms with Crippen molar-refractivity contribution in [3.05, 3.63) is 498 Å². The number of nitrogens with zero attached hydrogens (tertiary/aromatic N) is 9. The second-order valence-electron chi connectivity index (χ2n) is 33.6. The van der Waals surface area contributed by atoms with Gasteiger partial charge >= 0.3 is 0 Å². The molecular formula is C123H79Br4N9. The van der Waals surface area contributed by atoms with Crippen LogP contribution in [-0.2, 0) is 0 Å². The molecule has 7 aromatic heterocycles. The van der Waals surface area contributed by atoms with E-state index < -0.39 is 0 Å². The number of aromatic nitrogens is 9.